The molecule has 0 unspecified atom stereocenters. The van der Waals surface area contributed by atoms with Gasteiger partial charge in [-0.3, -0.25) is 0 Å². The van der Waals surface area contributed by atoms with Crippen molar-refractivity contribution in [2.75, 3.05) is 20.3 Å². The molecule has 6 heteroatoms. The monoisotopic (exact) mass is 487 g/mol. The molecule has 0 bridgehead atoms. The minimum atomic E-state index is -0.259. The molecule has 0 heterocycles. The molecule has 3 aromatic rings. The fourth-order valence-electron chi connectivity index (χ4n) is 3.08. The third kappa shape index (κ3) is 6.97. The van der Waals surface area contributed by atoms with Gasteiger partial charge in [-0.25, -0.2) is 4.39 Å². The molecule has 0 spiro atoms. The van der Waals surface area contributed by atoms with E-state index in [1.54, 1.807) is 19.2 Å². The smallest absolute Gasteiger partial charge is 0.162 e. The maximum absolute atomic E-state index is 13.1. The van der Waals surface area contributed by atoms with Crippen LogP contribution in [-0.4, -0.2) is 20.3 Å². The quantitative estimate of drug-likeness (QED) is 0.341. The van der Waals surface area contributed by atoms with Crippen LogP contribution in [0, 0.1) is 5.82 Å². The Morgan fingerprint density at radius 2 is 1.58 bits per heavy atom. The highest BCUT2D eigenvalue weighted by molar-refractivity contribution is 9.10. The van der Waals surface area contributed by atoms with Gasteiger partial charge in [-0.15, -0.1) is 0 Å². The van der Waals surface area contributed by atoms with E-state index in [0.29, 0.717) is 31.3 Å². The Balaban J connectivity index is 1.58. The van der Waals surface area contributed by atoms with Gasteiger partial charge in [0.15, 0.2) is 11.5 Å². The number of nitrogens with one attached hydrogen (secondary N) is 1. The molecule has 0 saturated heterocycles. The van der Waals surface area contributed by atoms with Gasteiger partial charge in [-0.05, 0) is 73.0 Å². The lowest BCUT2D eigenvalue weighted by Crippen LogP contribution is -2.17. The van der Waals surface area contributed by atoms with E-state index in [0.717, 1.165) is 34.3 Å². The van der Waals surface area contributed by atoms with E-state index in [9.17, 15) is 4.39 Å². The van der Waals surface area contributed by atoms with Crippen molar-refractivity contribution in [3.8, 4) is 17.2 Å². The molecule has 0 fully saturated rings. The van der Waals surface area contributed by atoms with Crippen molar-refractivity contribution < 1.29 is 18.6 Å². The van der Waals surface area contributed by atoms with Gasteiger partial charge in [-0.2, -0.15) is 0 Å². The van der Waals surface area contributed by atoms with E-state index in [1.807, 2.05) is 31.2 Å². The van der Waals surface area contributed by atoms with E-state index >= 15 is 0 Å². The predicted octanol–water partition coefficient (Wildman–Crippen LogP) is 5.91. The van der Waals surface area contributed by atoms with Crippen molar-refractivity contribution in [2.24, 2.45) is 0 Å². The van der Waals surface area contributed by atoms with Gasteiger partial charge >= 0.3 is 0 Å². The number of ether oxygens (including phenoxy) is 3. The van der Waals surface area contributed by atoms with Crippen LogP contribution < -0.4 is 19.5 Å². The molecular formula is C25H27BrFNO3. The fourth-order valence-corrected chi connectivity index (χ4v) is 3.55. The van der Waals surface area contributed by atoms with Crippen LogP contribution in [0.2, 0.25) is 0 Å². The predicted molar refractivity (Wildman–Crippen MR) is 124 cm³/mol. The molecule has 0 amide bonds. The first-order valence-corrected chi connectivity index (χ1v) is 11.0. The highest BCUT2D eigenvalue weighted by Gasteiger charge is 2.11. The summed E-state index contributed by atoms with van der Waals surface area (Å²) < 4.78 is 31.0. The zero-order valence-electron chi connectivity index (χ0n) is 17.8. The average molecular weight is 488 g/mol. The van der Waals surface area contributed by atoms with E-state index < -0.39 is 0 Å². The number of hydrogen-bond donors (Lipinski definition) is 1. The average Bonchev–Trinajstić information content (AvgIpc) is 2.79. The van der Waals surface area contributed by atoms with Gasteiger partial charge in [0.1, 0.15) is 18.2 Å². The molecule has 3 aromatic carbocycles. The third-order valence-corrected chi connectivity index (χ3v) is 5.52. The minimum absolute atomic E-state index is 0.259. The van der Waals surface area contributed by atoms with Gasteiger partial charge in [0.25, 0.3) is 0 Å². The van der Waals surface area contributed by atoms with Crippen LogP contribution in [0.15, 0.2) is 65.1 Å². The van der Waals surface area contributed by atoms with Crippen molar-refractivity contribution >= 4 is 15.9 Å². The number of rotatable bonds is 11. The molecule has 164 valence electrons. The summed E-state index contributed by atoms with van der Waals surface area (Å²) in [6.07, 6.45) is 0.929. The van der Waals surface area contributed by atoms with Crippen molar-refractivity contribution in [1.29, 1.82) is 0 Å². The molecule has 3 rings (SSSR count). The van der Waals surface area contributed by atoms with Crippen molar-refractivity contribution in [3.63, 3.8) is 0 Å². The van der Waals surface area contributed by atoms with Crippen LogP contribution >= 0.6 is 15.9 Å². The van der Waals surface area contributed by atoms with Crippen LogP contribution in [0.3, 0.4) is 0 Å². The van der Waals surface area contributed by atoms with Crippen LogP contribution in [0.5, 0.6) is 17.2 Å². The topological polar surface area (TPSA) is 39.7 Å². The zero-order chi connectivity index (χ0) is 22.1. The molecule has 0 saturated carbocycles. The Morgan fingerprint density at radius 1 is 0.903 bits per heavy atom. The highest BCUT2D eigenvalue weighted by Crippen LogP contribution is 2.34. The molecule has 4 nitrogen and oxygen atoms in total. The van der Waals surface area contributed by atoms with Crippen LogP contribution in [0.25, 0.3) is 0 Å². The molecule has 0 atom stereocenters. The normalized spacial score (nSPS) is 10.7. The minimum Gasteiger partial charge on any atom is -0.497 e. The second-order valence-corrected chi connectivity index (χ2v) is 7.87. The van der Waals surface area contributed by atoms with E-state index in [-0.39, 0.29) is 5.82 Å². The van der Waals surface area contributed by atoms with Gasteiger partial charge in [0.2, 0.25) is 0 Å². The molecule has 0 aliphatic carbocycles. The Hall–Kier alpha value is -2.57. The largest absolute Gasteiger partial charge is 0.497 e. The highest BCUT2D eigenvalue weighted by atomic mass is 79.9. The summed E-state index contributed by atoms with van der Waals surface area (Å²) in [6, 6.07) is 18.3. The van der Waals surface area contributed by atoms with Crippen LogP contribution in [-0.2, 0) is 19.6 Å². The summed E-state index contributed by atoms with van der Waals surface area (Å²) in [6.45, 7) is 4.38. The second-order valence-electron chi connectivity index (χ2n) is 7.01. The maximum Gasteiger partial charge on any atom is 0.162 e. The number of hydrogen-bond acceptors (Lipinski definition) is 4. The lowest BCUT2D eigenvalue weighted by molar-refractivity contribution is 0.268. The Labute approximate surface area is 191 Å². The second kappa shape index (κ2) is 11.7. The number of halogens is 2. The van der Waals surface area contributed by atoms with Crippen molar-refractivity contribution in [1.82, 2.24) is 5.32 Å². The van der Waals surface area contributed by atoms with Gasteiger partial charge in [0, 0.05) is 11.0 Å². The Bertz CT molecular complexity index is 962. The van der Waals surface area contributed by atoms with E-state index in [1.165, 1.54) is 17.7 Å². The van der Waals surface area contributed by atoms with E-state index in [2.05, 4.69) is 33.4 Å². The van der Waals surface area contributed by atoms with Crippen LogP contribution in [0.1, 0.15) is 23.6 Å². The molecule has 0 aliphatic rings. The summed E-state index contributed by atoms with van der Waals surface area (Å²) >= 11 is 3.64. The first kappa shape index (κ1) is 23.1. The molecular weight excluding hydrogens is 461 g/mol. The zero-order valence-corrected chi connectivity index (χ0v) is 19.4. The van der Waals surface area contributed by atoms with Gasteiger partial charge in [-0.1, -0.05) is 40.2 Å². The lowest BCUT2D eigenvalue weighted by atomic mass is 10.1. The summed E-state index contributed by atoms with van der Waals surface area (Å²) in [7, 11) is 1.67. The fraction of sp³-hybridized carbons (Fsp3) is 0.280. The first-order chi connectivity index (χ1) is 15.1. The first-order valence-electron chi connectivity index (χ1n) is 10.2. The number of benzene rings is 3. The van der Waals surface area contributed by atoms with Gasteiger partial charge < -0.3 is 19.5 Å². The summed E-state index contributed by atoms with van der Waals surface area (Å²) in [4.78, 5) is 0. The van der Waals surface area contributed by atoms with Crippen LogP contribution in [0.4, 0.5) is 4.39 Å². The maximum atomic E-state index is 13.1. The number of methoxy groups -OCH3 is 1. The van der Waals surface area contributed by atoms with E-state index in [4.69, 9.17) is 14.2 Å². The summed E-state index contributed by atoms with van der Waals surface area (Å²) in [5.41, 5.74) is 3.24. The Morgan fingerprint density at radius 3 is 2.26 bits per heavy atom. The SMILES string of the molecule is CCOc1cc(CNCCc2ccc(OC)cc2)c(Br)cc1OCc1ccc(F)cc1. The molecule has 31 heavy (non-hydrogen) atoms. The van der Waals surface area contributed by atoms with Crippen molar-refractivity contribution in [2.45, 2.75) is 26.5 Å². The molecule has 1 N–H and O–H groups in total. The third-order valence-electron chi connectivity index (χ3n) is 4.79. The molecule has 0 aliphatic heterocycles. The molecule has 0 radical (unpaired) electrons. The standard InChI is InChI=1S/C25H27BrFNO3/c1-3-30-24-14-20(16-28-13-12-18-6-10-22(29-2)11-7-18)23(26)15-25(24)31-17-19-4-8-21(27)9-5-19/h4-11,14-15,28H,3,12-13,16-17H2,1-2H3. The summed E-state index contributed by atoms with van der Waals surface area (Å²) in [5.74, 6) is 1.95. The Kier molecular flexibility index (Phi) is 8.74. The van der Waals surface area contributed by atoms with Gasteiger partial charge in [0.05, 0.1) is 13.7 Å². The lowest BCUT2D eigenvalue weighted by Gasteiger charge is -2.15. The van der Waals surface area contributed by atoms with Crippen molar-refractivity contribution in [3.05, 3.63) is 87.6 Å². The summed E-state index contributed by atoms with van der Waals surface area (Å²) in [5, 5.41) is 3.48. The molecule has 0 aromatic heterocycles.